The molecular weight excluding hydrogens is 228 g/mol. The van der Waals surface area contributed by atoms with Gasteiger partial charge < -0.3 is 15.3 Å². The third kappa shape index (κ3) is 11.9. The van der Waals surface area contributed by atoms with Crippen molar-refractivity contribution < 1.29 is 37.0 Å². The number of aryl methyl sites for hydroxylation is 2. The van der Waals surface area contributed by atoms with E-state index in [-0.39, 0.29) is 21.7 Å². The zero-order valence-corrected chi connectivity index (χ0v) is 11.9. The summed E-state index contributed by atoms with van der Waals surface area (Å²) in [7, 11) is 2.25. The van der Waals surface area contributed by atoms with Crippen molar-refractivity contribution >= 4 is 0 Å². The van der Waals surface area contributed by atoms with Gasteiger partial charge >= 0.3 is 21.7 Å². The summed E-state index contributed by atoms with van der Waals surface area (Å²) in [4.78, 5) is 0. The summed E-state index contributed by atoms with van der Waals surface area (Å²) < 4.78 is 0. The smallest absolute Gasteiger partial charge is 0.857 e. The zero-order valence-electron chi connectivity index (χ0n) is 10.4. The van der Waals surface area contributed by atoms with Gasteiger partial charge in [-0.05, 0) is 0 Å². The van der Waals surface area contributed by atoms with Crippen molar-refractivity contribution in [3.05, 3.63) is 28.8 Å². The van der Waals surface area contributed by atoms with Gasteiger partial charge in [-0.3, -0.25) is 0 Å². The fourth-order valence-electron chi connectivity index (χ4n) is 0.811. The third-order valence-electron chi connectivity index (χ3n) is 1.77. The van der Waals surface area contributed by atoms with E-state index in [4.69, 9.17) is 15.3 Å². The summed E-state index contributed by atoms with van der Waals surface area (Å²) in [6.45, 7) is 6.44. The van der Waals surface area contributed by atoms with Crippen LogP contribution >= 0.6 is 0 Å². The summed E-state index contributed by atoms with van der Waals surface area (Å²) in [5.74, 6) is 0. The Morgan fingerprint density at radius 3 is 1.33 bits per heavy atom. The molecule has 4 heteroatoms. The summed E-state index contributed by atoms with van der Waals surface area (Å²) in [5, 5.41) is 24.8. The van der Waals surface area contributed by atoms with Crippen molar-refractivity contribution in [2.45, 2.75) is 20.8 Å². The molecule has 0 N–H and O–H groups in total. The van der Waals surface area contributed by atoms with Gasteiger partial charge in [0.2, 0.25) is 0 Å². The van der Waals surface area contributed by atoms with Gasteiger partial charge in [0.25, 0.3) is 0 Å². The van der Waals surface area contributed by atoms with E-state index >= 15 is 0 Å². The fourth-order valence-corrected chi connectivity index (χ4v) is 0.811. The molecule has 0 aliphatic carbocycles. The molecule has 0 heterocycles. The van der Waals surface area contributed by atoms with Gasteiger partial charge in [-0.2, -0.15) is 44.1 Å². The van der Waals surface area contributed by atoms with Gasteiger partial charge in [0, 0.05) is 0 Å². The second-order valence-corrected chi connectivity index (χ2v) is 2.32. The Labute approximate surface area is 108 Å². The Kier molecular flexibility index (Phi) is 31.5. The molecule has 0 aromatic heterocycles. The Hall–Kier alpha value is -0.0557. The SMILES string of the molecule is C[O-].C[O-].C[O-].Cc1cc[c-](C)c1C.[Ti+4]. The molecule has 0 unspecified atom stereocenters. The molecule has 1 rings (SSSR count). The van der Waals surface area contributed by atoms with Crippen LogP contribution in [0.4, 0.5) is 0 Å². The van der Waals surface area contributed by atoms with Crippen LogP contribution in [0, 0.1) is 20.8 Å². The molecule has 0 saturated heterocycles. The minimum absolute atomic E-state index is 0. The Morgan fingerprint density at radius 1 is 0.933 bits per heavy atom. The van der Waals surface area contributed by atoms with E-state index in [2.05, 4.69) is 32.9 Å². The number of hydrogen-bond acceptors (Lipinski definition) is 3. The summed E-state index contributed by atoms with van der Waals surface area (Å²) in [6, 6.07) is 4.31. The number of hydrogen-bond donors (Lipinski definition) is 0. The van der Waals surface area contributed by atoms with E-state index in [1.807, 2.05) is 0 Å². The Balaban J connectivity index is -0.0000000755. The van der Waals surface area contributed by atoms with E-state index in [0.717, 1.165) is 21.3 Å². The second kappa shape index (κ2) is 19.5. The van der Waals surface area contributed by atoms with Crippen LogP contribution in [0.3, 0.4) is 0 Å². The first-order valence-corrected chi connectivity index (χ1v) is 4.14. The average Bonchev–Trinajstić information content (AvgIpc) is 2.58. The maximum Gasteiger partial charge on any atom is 4.00 e. The molecule has 0 aliphatic heterocycles. The molecule has 0 aliphatic rings. The van der Waals surface area contributed by atoms with Crippen molar-refractivity contribution in [3.63, 3.8) is 0 Å². The van der Waals surface area contributed by atoms with E-state index < -0.39 is 0 Å². The average molecular weight is 248 g/mol. The summed E-state index contributed by atoms with van der Waals surface area (Å²) in [5.41, 5.74) is 4.25. The van der Waals surface area contributed by atoms with Gasteiger partial charge in [0.1, 0.15) is 0 Å². The van der Waals surface area contributed by atoms with E-state index in [1.54, 1.807) is 0 Å². The number of rotatable bonds is 0. The monoisotopic (exact) mass is 248 g/mol. The molecule has 0 atom stereocenters. The van der Waals surface area contributed by atoms with Crippen molar-refractivity contribution in [3.8, 4) is 0 Å². The zero-order chi connectivity index (χ0) is 12.1. The predicted molar refractivity (Wildman–Crippen MR) is 54.0 cm³/mol. The third-order valence-corrected chi connectivity index (χ3v) is 1.77. The van der Waals surface area contributed by atoms with E-state index in [1.165, 1.54) is 16.7 Å². The van der Waals surface area contributed by atoms with Crippen molar-refractivity contribution in [2.24, 2.45) is 0 Å². The Morgan fingerprint density at radius 2 is 1.27 bits per heavy atom. The molecule has 3 nitrogen and oxygen atoms in total. The molecule has 1 aromatic carbocycles. The quantitative estimate of drug-likeness (QED) is 0.448. The van der Waals surface area contributed by atoms with Crippen molar-refractivity contribution in [1.82, 2.24) is 0 Å². The topological polar surface area (TPSA) is 69.2 Å². The van der Waals surface area contributed by atoms with Crippen LogP contribution in [0.15, 0.2) is 12.1 Å². The van der Waals surface area contributed by atoms with Crippen LogP contribution in [-0.4, -0.2) is 21.3 Å². The van der Waals surface area contributed by atoms with Gasteiger partial charge in [0.05, 0.1) is 0 Å². The maximum absolute atomic E-state index is 8.25. The fraction of sp³-hybridized carbons (Fsp3) is 0.545. The normalized spacial score (nSPS) is 6.47. The van der Waals surface area contributed by atoms with E-state index in [9.17, 15) is 0 Å². The first-order chi connectivity index (χ1) is 6.72. The largest absolute Gasteiger partial charge is 4.00 e. The van der Waals surface area contributed by atoms with Crippen LogP contribution in [0.25, 0.3) is 0 Å². The molecule has 0 saturated carbocycles. The van der Waals surface area contributed by atoms with Crippen LogP contribution in [0.2, 0.25) is 0 Å². The molecule has 0 radical (unpaired) electrons. The van der Waals surface area contributed by atoms with Crippen molar-refractivity contribution in [1.29, 1.82) is 0 Å². The predicted octanol–water partition coefficient (Wildman–Crippen LogP) is -0.742. The molecule has 0 amide bonds. The standard InChI is InChI=1S/C8H11.3CH3O.Ti/c1-6-4-5-7(2)8(6)3;3*1-2;/h4-5H,1-3H3;3*1H3;/q4*-1;+4. The second-order valence-electron chi connectivity index (χ2n) is 2.32. The van der Waals surface area contributed by atoms with Crippen LogP contribution in [-0.2, 0) is 21.7 Å². The van der Waals surface area contributed by atoms with Gasteiger partial charge in [-0.25, -0.2) is 6.07 Å². The maximum atomic E-state index is 8.25. The first kappa shape index (κ1) is 24.3. The summed E-state index contributed by atoms with van der Waals surface area (Å²) in [6.07, 6.45) is 0. The van der Waals surface area contributed by atoms with Gasteiger partial charge in [-0.15, -0.1) is 0 Å². The first-order valence-electron chi connectivity index (χ1n) is 4.14. The molecule has 15 heavy (non-hydrogen) atoms. The van der Waals surface area contributed by atoms with E-state index in [0.29, 0.717) is 0 Å². The van der Waals surface area contributed by atoms with Gasteiger partial charge in [0.15, 0.2) is 0 Å². The minimum Gasteiger partial charge on any atom is -0.857 e. The molecule has 0 bridgehead atoms. The van der Waals surface area contributed by atoms with Crippen molar-refractivity contribution in [2.75, 3.05) is 21.3 Å². The molecule has 86 valence electrons. The van der Waals surface area contributed by atoms with Crippen LogP contribution in [0.5, 0.6) is 0 Å². The van der Waals surface area contributed by atoms with Crippen LogP contribution in [0.1, 0.15) is 16.7 Å². The van der Waals surface area contributed by atoms with Crippen LogP contribution < -0.4 is 15.3 Å². The molecule has 0 spiro atoms. The summed E-state index contributed by atoms with van der Waals surface area (Å²) >= 11 is 0. The molecule has 1 aromatic rings. The van der Waals surface area contributed by atoms with Gasteiger partial charge in [-0.1, -0.05) is 20.8 Å². The molecular formula is C11H20O3Ti. The minimum atomic E-state index is 0. The Bertz CT molecular complexity index is 178. The molecule has 0 fully saturated rings.